The molecule has 0 fully saturated rings. The smallest absolute Gasteiger partial charge is 0.248 e. The van der Waals surface area contributed by atoms with Crippen LogP contribution >= 0.6 is 12.4 Å². The molecule has 0 amide bonds. The Hall–Kier alpha value is -1.56. The van der Waals surface area contributed by atoms with Gasteiger partial charge in [0.2, 0.25) is 5.56 Å². The summed E-state index contributed by atoms with van der Waals surface area (Å²) < 4.78 is 5.89. The van der Waals surface area contributed by atoms with Gasteiger partial charge < -0.3 is 9.72 Å². The molecular formula is C13H16ClN3O2. The number of halogens is 1. The molecule has 0 aliphatic carbocycles. The zero-order chi connectivity index (χ0) is 12.7. The normalized spacial score (nSPS) is 16.8. The van der Waals surface area contributed by atoms with Crippen molar-refractivity contribution in [1.82, 2.24) is 10.4 Å². The van der Waals surface area contributed by atoms with E-state index in [9.17, 15) is 4.79 Å². The molecule has 1 aliphatic heterocycles. The topological polar surface area (TPSA) is 80.1 Å². The van der Waals surface area contributed by atoms with Gasteiger partial charge in [-0.15, -0.1) is 12.4 Å². The first-order valence-corrected chi connectivity index (χ1v) is 5.94. The lowest BCUT2D eigenvalue weighted by atomic mass is 10.0. The van der Waals surface area contributed by atoms with E-state index in [0.29, 0.717) is 6.54 Å². The average molecular weight is 282 g/mol. The minimum Gasteiger partial charge on any atom is -0.488 e. The second-order valence-corrected chi connectivity index (χ2v) is 4.65. The second kappa shape index (κ2) is 5.21. The highest BCUT2D eigenvalue weighted by molar-refractivity contribution is 5.89. The predicted molar refractivity (Wildman–Crippen MR) is 76.9 cm³/mol. The van der Waals surface area contributed by atoms with Crippen LogP contribution in [-0.2, 0) is 6.42 Å². The van der Waals surface area contributed by atoms with Crippen LogP contribution < -0.4 is 21.6 Å². The van der Waals surface area contributed by atoms with Gasteiger partial charge in [0.05, 0.1) is 5.52 Å². The minimum absolute atomic E-state index is 0. The lowest BCUT2D eigenvalue weighted by molar-refractivity contribution is 0.230. The molecule has 0 radical (unpaired) electrons. The third kappa shape index (κ3) is 2.32. The highest BCUT2D eigenvalue weighted by atomic mass is 35.5. The van der Waals surface area contributed by atoms with Crippen LogP contribution in [0, 0.1) is 6.92 Å². The maximum Gasteiger partial charge on any atom is 0.248 e. The van der Waals surface area contributed by atoms with Crippen LogP contribution in [0.2, 0.25) is 0 Å². The van der Waals surface area contributed by atoms with Gasteiger partial charge in [0.25, 0.3) is 0 Å². The number of aromatic nitrogens is 1. The molecule has 0 bridgehead atoms. The molecule has 0 saturated carbocycles. The Balaban J connectivity index is 0.00000133. The molecule has 0 saturated heterocycles. The summed E-state index contributed by atoms with van der Waals surface area (Å²) in [4.78, 5) is 14.2. The Morgan fingerprint density at radius 2 is 2.32 bits per heavy atom. The number of aromatic amines is 1. The molecule has 1 aromatic carbocycles. The summed E-state index contributed by atoms with van der Waals surface area (Å²) in [5.74, 6) is 6.20. The number of benzene rings is 1. The molecule has 2 aromatic rings. The van der Waals surface area contributed by atoms with Crippen molar-refractivity contribution >= 4 is 23.3 Å². The van der Waals surface area contributed by atoms with Gasteiger partial charge in [-0.05, 0) is 24.1 Å². The standard InChI is InChI=1S/C13H15N3O2.ClH/c1-7-4-8-5-9(6-15-14)18-13(8)10-2-3-11(17)16-12(7)10;/h2-4,9,15H,5-6,14H2,1H3,(H,16,17);1H. The van der Waals surface area contributed by atoms with Crippen LogP contribution in [0.25, 0.3) is 10.9 Å². The highest BCUT2D eigenvalue weighted by Gasteiger charge is 2.25. The fourth-order valence-electron chi connectivity index (χ4n) is 2.54. The number of aryl methyl sites for hydroxylation is 1. The molecule has 1 atom stereocenters. The fourth-order valence-corrected chi connectivity index (χ4v) is 2.54. The number of rotatable bonds is 2. The first-order valence-electron chi connectivity index (χ1n) is 5.94. The van der Waals surface area contributed by atoms with Crippen molar-refractivity contribution in [3.63, 3.8) is 0 Å². The number of nitrogens with two attached hydrogens (primary N) is 1. The Morgan fingerprint density at radius 3 is 3.05 bits per heavy atom. The number of fused-ring (bicyclic) bond motifs is 3. The van der Waals surface area contributed by atoms with Crippen molar-refractivity contribution < 1.29 is 4.74 Å². The number of H-pyrrole nitrogens is 1. The molecule has 19 heavy (non-hydrogen) atoms. The van der Waals surface area contributed by atoms with Crippen LogP contribution in [0.15, 0.2) is 23.0 Å². The van der Waals surface area contributed by atoms with Gasteiger partial charge >= 0.3 is 0 Å². The van der Waals surface area contributed by atoms with E-state index < -0.39 is 0 Å². The average Bonchev–Trinajstić information content (AvgIpc) is 2.72. The van der Waals surface area contributed by atoms with Crippen LogP contribution in [0.5, 0.6) is 5.75 Å². The number of hydrazine groups is 1. The Bertz CT molecular complexity index is 669. The van der Waals surface area contributed by atoms with E-state index in [2.05, 4.69) is 16.5 Å². The number of pyridine rings is 1. The summed E-state index contributed by atoms with van der Waals surface area (Å²) in [6, 6.07) is 5.42. The lowest BCUT2D eigenvalue weighted by Crippen LogP contribution is -2.34. The van der Waals surface area contributed by atoms with Crippen molar-refractivity contribution in [3.05, 3.63) is 39.7 Å². The first kappa shape index (κ1) is 13.9. The first-order chi connectivity index (χ1) is 8.69. The second-order valence-electron chi connectivity index (χ2n) is 4.65. The summed E-state index contributed by atoms with van der Waals surface area (Å²) >= 11 is 0. The molecule has 3 rings (SSSR count). The number of ether oxygens (including phenoxy) is 1. The SMILES string of the molecule is Cc1cc2c(c3ccc(=O)[nH]c13)OC(CNN)C2.Cl. The zero-order valence-electron chi connectivity index (χ0n) is 10.5. The third-order valence-electron chi connectivity index (χ3n) is 3.32. The Kier molecular flexibility index (Phi) is 3.80. The van der Waals surface area contributed by atoms with E-state index in [-0.39, 0.29) is 24.1 Å². The summed E-state index contributed by atoms with van der Waals surface area (Å²) in [5, 5.41) is 0.962. The number of hydrogen-bond acceptors (Lipinski definition) is 4. The van der Waals surface area contributed by atoms with Gasteiger partial charge in [0.15, 0.2) is 0 Å². The number of nitrogens with one attached hydrogen (secondary N) is 2. The van der Waals surface area contributed by atoms with E-state index in [1.807, 2.05) is 13.0 Å². The largest absolute Gasteiger partial charge is 0.488 e. The van der Waals surface area contributed by atoms with Crippen LogP contribution in [0.4, 0.5) is 0 Å². The van der Waals surface area contributed by atoms with Crippen LogP contribution in [0.1, 0.15) is 11.1 Å². The molecule has 102 valence electrons. The minimum atomic E-state index is -0.0938. The van der Waals surface area contributed by atoms with Crippen LogP contribution in [-0.4, -0.2) is 17.6 Å². The van der Waals surface area contributed by atoms with E-state index in [1.54, 1.807) is 0 Å². The third-order valence-corrected chi connectivity index (χ3v) is 3.32. The molecule has 1 aliphatic rings. The summed E-state index contributed by atoms with van der Waals surface area (Å²) in [5.41, 5.74) is 5.62. The fraction of sp³-hybridized carbons (Fsp3) is 0.308. The summed E-state index contributed by atoms with van der Waals surface area (Å²) in [7, 11) is 0. The van der Waals surface area contributed by atoms with Gasteiger partial charge in [-0.2, -0.15) is 0 Å². The van der Waals surface area contributed by atoms with Crippen molar-refractivity contribution in [2.45, 2.75) is 19.4 Å². The highest BCUT2D eigenvalue weighted by Crippen LogP contribution is 2.36. The summed E-state index contributed by atoms with van der Waals surface area (Å²) in [6.07, 6.45) is 0.900. The van der Waals surface area contributed by atoms with Gasteiger partial charge in [-0.3, -0.25) is 16.1 Å². The van der Waals surface area contributed by atoms with E-state index in [1.165, 1.54) is 11.6 Å². The zero-order valence-corrected chi connectivity index (χ0v) is 11.3. The molecule has 6 heteroatoms. The molecule has 5 nitrogen and oxygen atoms in total. The number of hydrogen-bond donors (Lipinski definition) is 3. The molecule has 0 spiro atoms. The van der Waals surface area contributed by atoms with Gasteiger partial charge in [-0.25, -0.2) is 0 Å². The molecule has 1 unspecified atom stereocenters. The molecule has 4 N–H and O–H groups in total. The van der Waals surface area contributed by atoms with Gasteiger partial charge in [0.1, 0.15) is 11.9 Å². The monoisotopic (exact) mass is 281 g/mol. The predicted octanol–water partition coefficient (Wildman–Crippen LogP) is 1.03. The quantitative estimate of drug-likeness (QED) is 0.567. The van der Waals surface area contributed by atoms with Crippen LogP contribution in [0.3, 0.4) is 0 Å². The van der Waals surface area contributed by atoms with E-state index in [4.69, 9.17) is 10.6 Å². The van der Waals surface area contributed by atoms with Crippen molar-refractivity contribution in [2.75, 3.05) is 6.54 Å². The maximum atomic E-state index is 11.4. The molecule has 1 aromatic heterocycles. The van der Waals surface area contributed by atoms with Crippen molar-refractivity contribution in [3.8, 4) is 5.75 Å². The summed E-state index contributed by atoms with van der Waals surface area (Å²) in [6.45, 7) is 2.60. The van der Waals surface area contributed by atoms with Gasteiger partial charge in [-0.1, -0.05) is 6.07 Å². The van der Waals surface area contributed by atoms with Gasteiger partial charge in [0, 0.05) is 24.4 Å². The van der Waals surface area contributed by atoms with Crippen molar-refractivity contribution in [2.24, 2.45) is 5.84 Å². The molecule has 2 heterocycles. The van der Waals surface area contributed by atoms with E-state index >= 15 is 0 Å². The Labute approximate surface area is 116 Å². The van der Waals surface area contributed by atoms with E-state index in [0.717, 1.165) is 28.6 Å². The molecular weight excluding hydrogens is 266 g/mol. The lowest BCUT2D eigenvalue weighted by Gasteiger charge is -2.10. The Morgan fingerprint density at radius 1 is 1.53 bits per heavy atom. The van der Waals surface area contributed by atoms with Crippen molar-refractivity contribution in [1.29, 1.82) is 0 Å². The maximum absolute atomic E-state index is 11.4.